The molecule has 0 fully saturated rings. The molecule has 0 saturated heterocycles. The van der Waals surface area contributed by atoms with Gasteiger partial charge in [0, 0.05) is 17.3 Å². The second kappa shape index (κ2) is 4.85. The number of aromatic nitrogens is 3. The zero-order valence-electron chi connectivity index (χ0n) is 11.0. The van der Waals surface area contributed by atoms with Crippen molar-refractivity contribution in [3.8, 4) is 6.07 Å². The summed E-state index contributed by atoms with van der Waals surface area (Å²) in [6.45, 7) is 2.02. The van der Waals surface area contributed by atoms with Gasteiger partial charge < -0.3 is 4.98 Å². The molecule has 1 aliphatic rings. The van der Waals surface area contributed by atoms with Crippen LogP contribution in [0.15, 0.2) is 18.5 Å². The van der Waals surface area contributed by atoms with Gasteiger partial charge in [-0.3, -0.25) is 0 Å². The molecular weight excluding hydrogens is 236 g/mol. The third-order valence-corrected chi connectivity index (χ3v) is 3.90. The summed E-state index contributed by atoms with van der Waals surface area (Å²) in [7, 11) is 0. The quantitative estimate of drug-likeness (QED) is 0.893. The second-order valence-electron chi connectivity index (χ2n) is 5.11. The Kier molecular flexibility index (Phi) is 3.04. The number of imidazole rings is 1. The van der Waals surface area contributed by atoms with Gasteiger partial charge in [-0.15, -0.1) is 0 Å². The van der Waals surface area contributed by atoms with E-state index in [2.05, 4.69) is 27.1 Å². The number of aryl methyl sites for hydroxylation is 2. The number of nitrogens with one attached hydrogen (secondary N) is 1. The molecule has 0 aromatic carbocycles. The summed E-state index contributed by atoms with van der Waals surface area (Å²) in [6.07, 6.45) is 6.08. The Hall–Kier alpha value is -2.15. The minimum Gasteiger partial charge on any atom is -0.348 e. The van der Waals surface area contributed by atoms with E-state index in [-0.39, 0.29) is 0 Å². The number of nitrogens with zero attached hydrogens (tertiary/aromatic N) is 3. The molecule has 1 N–H and O–H groups in total. The molecule has 1 atom stereocenters. The molecule has 2 heterocycles. The van der Waals surface area contributed by atoms with Gasteiger partial charge in [0.05, 0.1) is 12.0 Å². The fourth-order valence-electron chi connectivity index (χ4n) is 2.85. The van der Waals surface area contributed by atoms with Crippen molar-refractivity contribution in [3.05, 3.63) is 46.8 Å². The van der Waals surface area contributed by atoms with Gasteiger partial charge in [-0.25, -0.2) is 9.97 Å². The molecule has 0 spiro atoms. The molecule has 4 nitrogen and oxygen atoms in total. The average molecular weight is 252 g/mol. The van der Waals surface area contributed by atoms with Gasteiger partial charge in [-0.1, -0.05) is 6.07 Å². The average Bonchev–Trinajstić information content (AvgIpc) is 2.84. The first-order chi connectivity index (χ1) is 9.28. The van der Waals surface area contributed by atoms with Gasteiger partial charge in [0.1, 0.15) is 11.8 Å². The van der Waals surface area contributed by atoms with Gasteiger partial charge in [-0.05, 0) is 44.2 Å². The molecule has 19 heavy (non-hydrogen) atoms. The van der Waals surface area contributed by atoms with E-state index in [0.29, 0.717) is 11.6 Å². The van der Waals surface area contributed by atoms with E-state index in [1.807, 2.05) is 13.0 Å². The first kappa shape index (κ1) is 11.9. The van der Waals surface area contributed by atoms with Gasteiger partial charge in [0.15, 0.2) is 0 Å². The summed E-state index contributed by atoms with van der Waals surface area (Å²) in [6, 6.07) is 6.02. The monoisotopic (exact) mass is 252 g/mol. The minimum absolute atomic E-state index is 0.399. The maximum Gasteiger partial charge on any atom is 0.140 e. The van der Waals surface area contributed by atoms with Crippen LogP contribution in [0.2, 0.25) is 0 Å². The highest BCUT2D eigenvalue weighted by molar-refractivity contribution is 5.33. The standard InChI is InChI=1S/C15H16N4/c1-10-14(18-9-17-10)7-12-4-2-3-11-5-6-13(8-16)19-15(11)12/h5-6,9,12H,2-4,7H2,1H3,(H,17,18). The highest BCUT2D eigenvalue weighted by atomic mass is 14.9. The molecule has 4 heteroatoms. The second-order valence-corrected chi connectivity index (χ2v) is 5.11. The van der Waals surface area contributed by atoms with E-state index in [0.717, 1.165) is 30.7 Å². The largest absolute Gasteiger partial charge is 0.348 e. The summed E-state index contributed by atoms with van der Waals surface area (Å²) in [5.41, 5.74) is 5.17. The number of pyridine rings is 1. The zero-order valence-corrected chi connectivity index (χ0v) is 11.0. The van der Waals surface area contributed by atoms with Crippen LogP contribution in [-0.4, -0.2) is 15.0 Å². The summed E-state index contributed by atoms with van der Waals surface area (Å²) in [5, 5.41) is 9.00. The molecule has 2 aromatic rings. The third-order valence-electron chi connectivity index (χ3n) is 3.90. The normalized spacial score (nSPS) is 17.8. The Morgan fingerprint density at radius 1 is 1.47 bits per heavy atom. The lowest BCUT2D eigenvalue weighted by Crippen LogP contribution is -2.15. The molecular formula is C15H16N4. The highest BCUT2D eigenvalue weighted by Crippen LogP contribution is 2.33. The maximum atomic E-state index is 9.00. The predicted molar refractivity (Wildman–Crippen MR) is 71.7 cm³/mol. The number of hydrogen-bond acceptors (Lipinski definition) is 3. The van der Waals surface area contributed by atoms with Crippen LogP contribution in [-0.2, 0) is 12.8 Å². The molecule has 3 rings (SSSR count). The lowest BCUT2D eigenvalue weighted by molar-refractivity contribution is 0.530. The molecule has 0 saturated carbocycles. The van der Waals surface area contributed by atoms with E-state index in [9.17, 15) is 0 Å². The Bertz CT molecular complexity index is 636. The molecule has 2 aromatic heterocycles. The van der Waals surface area contributed by atoms with Gasteiger partial charge in [-0.2, -0.15) is 5.26 Å². The van der Waals surface area contributed by atoms with Gasteiger partial charge in [0.2, 0.25) is 0 Å². The van der Waals surface area contributed by atoms with Crippen molar-refractivity contribution in [3.63, 3.8) is 0 Å². The fourth-order valence-corrected chi connectivity index (χ4v) is 2.85. The zero-order chi connectivity index (χ0) is 13.2. The van der Waals surface area contributed by atoms with Gasteiger partial charge >= 0.3 is 0 Å². The van der Waals surface area contributed by atoms with Crippen LogP contribution in [0.25, 0.3) is 0 Å². The first-order valence-corrected chi connectivity index (χ1v) is 6.66. The summed E-state index contributed by atoms with van der Waals surface area (Å²) < 4.78 is 0. The molecule has 0 aliphatic heterocycles. The van der Waals surface area contributed by atoms with Crippen LogP contribution >= 0.6 is 0 Å². The van der Waals surface area contributed by atoms with Crippen molar-refractivity contribution in [2.24, 2.45) is 0 Å². The summed E-state index contributed by atoms with van der Waals surface area (Å²) in [5.74, 6) is 0.399. The van der Waals surface area contributed by atoms with E-state index >= 15 is 0 Å². The third kappa shape index (κ3) is 2.24. The van der Waals surface area contributed by atoms with Crippen LogP contribution in [0.5, 0.6) is 0 Å². The van der Waals surface area contributed by atoms with Crippen LogP contribution in [0.4, 0.5) is 0 Å². The molecule has 96 valence electrons. The Morgan fingerprint density at radius 3 is 3.11 bits per heavy atom. The van der Waals surface area contributed by atoms with Crippen molar-refractivity contribution >= 4 is 0 Å². The van der Waals surface area contributed by atoms with Crippen LogP contribution in [0.3, 0.4) is 0 Å². The van der Waals surface area contributed by atoms with E-state index in [1.165, 1.54) is 17.7 Å². The molecule has 0 bridgehead atoms. The van der Waals surface area contributed by atoms with E-state index in [1.54, 1.807) is 6.33 Å². The van der Waals surface area contributed by atoms with E-state index in [4.69, 9.17) is 5.26 Å². The van der Waals surface area contributed by atoms with Crippen molar-refractivity contribution < 1.29 is 0 Å². The van der Waals surface area contributed by atoms with Crippen molar-refractivity contribution in [2.75, 3.05) is 0 Å². The predicted octanol–water partition coefficient (Wildman–Crippen LogP) is 2.65. The number of fused-ring (bicyclic) bond motifs is 1. The lowest BCUT2D eigenvalue weighted by Gasteiger charge is -2.24. The fraction of sp³-hybridized carbons (Fsp3) is 0.400. The summed E-state index contributed by atoms with van der Waals surface area (Å²) >= 11 is 0. The Balaban J connectivity index is 1.93. The number of H-pyrrole nitrogens is 1. The van der Waals surface area contributed by atoms with Crippen LogP contribution < -0.4 is 0 Å². The molecule has 0 amide bonds. The van der Waals surface area contributed by atoms with Crippen LogP contribution in [0, 0.1) is 18.3 Å². The van der Waals surface area contributed by atoms with Crippen molar-refractivity contribution in [2.45, 2.75) is 38.5 Å². The van der Waals surface area contributed by atoms with Crippen molar-refractivity contribution in [1.29, 1.82) is 5.26 Å². The molecule has 0 radical (unpaired) electrons. The molecule has 1 unspecified atom stereocenters. The Labute approximate surface area is 112 Å². The van der Waals surface area contributed by atoms with Crippen LogP contribution in [0.1, 0.15) is 47.1 Å². The Morgan fingerprint density at radius 2 is 2.37 bits per heavy atom. The first-order valence-electron chi connectivity index (χ1n) is 6.66. The SMILES string of the molecule is Cc1nc[nH]c1CC1CCCc2ccc(C#N)nc21. The highest BCUT2D eigenvalue weighted by Gasteiger charge is 2.23. The number of nitriles is 1. The maximum absolute atomic E-state index is 9.00. The number of rotatable bonds is 2. The topological polar surface area (TPSA) is 65.4 Å². The number of aromatic amines is 1. The van der Waals surface area contributed by atoms with Gasteiger partial charge in [0.25, 0.3) is 0 Å². The van der Waals surface area contributed by atoms with E-state index < -0.39 is 0 Å². The lowest BCUT2D eigenvalue weighted by atomic mass is 9.83. The number of hydrogen-bond donors (Lipinski definition) is 1. The summed E-state index contributed by atoms with van der Waals surface area (Å²) in [4.78, 5) is 12.0. The van der Waals surface area contributed by atoms with Crippen molar-refractivity contribution in [1.82, 2.24) is 15.0 Å². The smallest absolute Gasteiger partial charge is 0.140 e. The molecule has 1 aliphatic carbocycles. The minimum atomic E-state index is 0.399.